The van der Waals surface area contributed by atoms with Gasteiger partial charge in [-0.2, -0.15) is 11.3 Å². The summed E-state index contributed by atoms with van der Waals surface area (Å²) in [4.78, 5) is 29.0. The van der Waals surface area contributed by atoms with Gasteiger partial charge in [0.25, 0.3) is 11.5 Å². The average molecular weight is 288 g/mol. The maximum Gasteiger partial charge on any atom is 0.260 e. The highest BCUT2D eigenvalue weighted by Crippen LogP contribution is 2.29. The van der Waals surface area contributed by atoms with Crippen LogP contribution >= 0.6 is 11.3 Å². The second-order valence-corrected chi connectivity index (χ2v) is 5.96. The van der Waals surface area contributed by atoms with Gasteiger partial charge in [0.2, 0.25) is 0 Å². The standard InChI is InChI=1S/C15H16N2O2S/c1-10-2-5-13(14(18)16-10)15(19)17(12-3-4-12)8-11-6-7-20-9-11/h2,5-7,9,12H,3-4,8H2,1H3,(H,16,18). The molecule has 5 heteroatoms. The first-order valence-electron chi connectivity index (χ1n) is 6.67. The molecule has 0 radical (unpaired) electrons. The van der Waals surface area contributed by atoms with Crippen LogP contribution in [-0.4, -0.2) is 21.8 Å². The number of hydrogen-bond donors (Lipinski definition) is 1. The van der Waals surface area contributed by atoms with Crippen molar-refractivity contribution < 1.29 is 4.79 Å². The Balaban J connectivity index is 1.87. The topological polar surface area (TPSA) is 53.2 Å². The second-order valence-electron chi connectivity index (χ2n) is 5.18. The Labute approximate surface area is 121 Å². The predicted octanol–water partition coefficient (Wildman–Crippen LogP) is 2.55. The highest BCUT2D eigenvalue weighted by Gasteiger charge is 2.33. The average Bonchev–Trinajstić information content (AvgIpc) is 3.12. The number of rotatable bonds is 4. The number of aryl methyl sites for hydroxylation is 1. The molecule has 1 amide bonds. The Kier molecular flexibility index (Phi) is 3.44. The van der Waals surface area contributed by atoms with E-state index in [1.165, 1.54) is 0 Å². The Morgan fingerprint density at radius 3 is 2.80 bits per heavy atom. The highest BCUT2D eigenvalue weighted by molar-refractivity contribution is 7.07. The molecule has 2 aromatic rings. The fourth-order valence-electron chi connectivity index (χ4n) is 2.23. The van der Waals surface area contributed by atoms with Gasteiger partial charge in [-0.05, 0) is 54.3 Å². The summed E-state index contributed by atoms with van der Waals surface area (Å²) in [5.74, 6) is -0.167. The molecule has 3 rings (SSSR count). The molecule has 1 aliphatic rings. The van der Waals surface area contributed by atoms with E-state index in [1.54, 1.807) is 30.4 Å². The quantitative estimate of drug-likeness (QED) is 0.940. The molecule has 1 aliphatic carbocycles. The molecule has 0 bridgehead atoms. The van der Waals surface area contributed by atoms with Crippen molar-refractivity contribution in [1.29, 1.82) is 0 Å². The number of amides is 1. The summed E-state index contributed by atoms with van der Waals surface area (Å²) in [5.41, 5.74) is 1.82. The van der Waals surface area contributed by atoms with Crippen LogP contribution < -0.4 is 5.56 Å². The first kappa shape index (κ1) is 13.1. The van der Waals surface area contributed by atoms with E-state index >= 15 is 0 Å². The lowest BCUT2D eigenvalue weighted by molar-refractivity contribution is 0.0728. The van der Waals surface area contributed by atoms with Crippen LogP contribution in [0.5, 0.6) is 0 Å². The Hall–Kier alpha value is -1.88. The third-order valence-electron chi connectivity index (χ3n) is 3.47. The molecule has 20 heavy (non-hydrogen) atoms. The fraction of sp³-hybridized carbons (Fsp3) is 0.333. The lowest BCUT2D eigenvalue weighted by Gasteiger charge is -2.21. The van der Waals surface area contributed by atoms with Gasteiger partial charge in [0, 0.05) is 18.3 Å². The number of nitrogens with one attached hydrogen (secondary N) is 1. The van der Waals surface area contributed by atoms with Crippen molar-refractivity contribution in [2.24, 2.45) is 0 Å². The number of carbonyl (C=O) groups is 1. The van der Waals surface area contributed by atoms with Crippen LogP contribution in [0.1, 0.15) is 34.5 Å². The molecule has 104 valence electrons. The molecular formula is C15H16N2O2S. The molecule has 4 nitrogen and oxygen atoms in total. The number of pyridine rings is 1. The number of aromatic nitrogens is 1. The third-order valence-corrected chi connectivity index (χ3v) is 4.20. The van der Waals surface area contributed by atoms with Crippen molar-refractivity contribution in [3.63, 3.8) is 0 Å². The van der Waals surface area contributed by atoms with Crippen LogP contribution in [-0.2, 0) is 6.54 Å². The van der Waals surface area contributed by atoms with E-state index in [0.29, 0.717) is 6.54 Å². The van der Waals surface area contributed by atoms with Gasteiger partial charge in [0.05, 0.1) is 0 Å². The van der Waals surface area contributed by atoms with Crippen LogP contribution in [0.25, 0.3) is 0 Å². The van der Waals surface area contributed by atoms with E-state index in [4.69, 9.17) is 0 Å². The van der Waals surface area contributed by atoms with Crippen LogP contribution in [0.2, 0.25) is 0 Å². The number of hydrogen-bond acceptors (Lipinski definition) is 3. The minimum absolute atomic E-state index is 0.167. The molecule has 0 atom stereocenters. The van der Waals surface area contributed by atoms with Crippen LogP contribution in [0.3, 0.4) is 0 Å². The van der Waals surface area contributed by atoms with Gasteiger partial charge in [-0.1, -0.05) is 0 Å². The third kappa shape index (κ3) is 2.67. The summed E-state index contributed by atoms with van der Waals surface area (Å²) in [5, 5.41) is 4.05. The molecule has 0 spiro atoms. The Morgan fingerprint density at radius 2 is 2.20 bits per heavy atom. The molecule has 1 N–H and O–H groups in total. The molecule has 2 aromatic heterocycles. The zero-order valence-electron chi connectivity index (χ0n) is 11.3. The van der Waals surface area contributed by atoms with Gasteiger partial charge in [0.15, 0.2) is 0 Å². The predicted molar refractivity (Wildman–Crippen MR) is 79.0 cm³/mol. The zero-order chi connectivity index (χ0) is 14.1. The minimum atomic E-state index is -0.300. The number of thiophene rings is 1. The van der Waals surface area contributed by atoms with E-state index in [-0.39, 0.29) is 23.1 Å². The molecule has 1 fully saturated rings. The lowest BCUT2D eigenvalue weighted by atomic mass is 10.2. The second kappa shape index (κ2) is 5.25. The van der Waals surface area contributed by atoms with Crippen LogP contribution in [0.15, 0.2) is 33.8 Å². The first-order valence-corrected chi connectivity index (χ1v) is 7.61. The normalized spacial score (nSPS) is 14.2. The number of H-pyrrole nitrogens is 1. The summed E-state index contributed by atoms with van der Waals surface area (Å²) in [7, 11) is 0. The Morgan fingerprint density at radius 1 is 1.40 bits per heavy atom. The summed E-state index contributed by atoms with van der Waals surface area (Å²) >= 11 is 1.62. The molecule has 1 saturated carbocycles. The molecule has 0 aromatic carbocycles. The van der Waals surface area contributed by atoms with E-state index in [0.717, 1.165) is 24.1 Å². The van der Waals surface area contributed by atoms with E-state index in [2.05, 4.69) is 4.98 Å². The van der Waals surface area contributed by atoms with Crippen molar-refractivity contribution in [2.75, 3.05) is 0 Å². The van der Waals surface area contributed by atoms with Crippen molar-refractivity contribution in [3.8, 4) is 0 Å². The van der Waals surface area contributed by atoms with E-state index in [1.807, 2.05) is 21.7 Å². The lowest BCUT2D eigenvalue weighted by Crippen LogP contribution is -2.36. The van der Waals surface area contributed by atoms with Crippen molar-refractivity contribution in [3.05, 3.63) is 56.1 Å². The molecule has 2 heterocycles. The number of nitrogens with zero attached hydrogens (tertiary/aromatic N) is 1. The monoisotopic (exact) mass is 288 g/mol. The summed E-state index contributed by atoms with van der Waals surface area (Å²) in [6.07, 6.45) is 2.05. The van der Waals surface area contributed by atoms with Crippen LogP contribution in [0, 0.1) is 6.92 Å². The molecule has 0 aliphatic heterocycles. The maximum absolute atomic E-state index is 12.6. The van der Waals surface area contributed by atoms with Gasteiger partial charge in [-0.15, -0.1) is 0 Å². The summed E-state index contributed by atoms with van der Waals surface area (Å²) in [6.45, 7) is 2.39. The van der Waals surface area contributed by atoms with Gasteiger partial charge in [-0.3, -0.25) is 9.59 Å². The molecule has 0 saturated heterocycles. The number of carbonyl (C=O) groups excluding carboxylic acids is 1. The fourth-order valence-corrected chi connectivity index (χ4v) is 2.89. The SMILES string of the molecule is Cc1ccc(C(=O)N(Cc2ccsc2)C2CC2)c(=O)[nH]1. The molecule has 0 unspecified atom stereocenters. The Bertz CT molecular complexity index is 671. The van der Waals surface area contributed by atoms with E-state index < -0.39 is 0 Å². The number of aromatic amines is 1. The van der Waals surface area contributed by atoms with Gasteiger partial charge >= 0.3 is 0 Å². The maximum atomic E-state index is 12.6. The van der Waals surface area contributed by atoms with Crippen molar-refractivity contribution >= 4 is 17.2 Å². The van der Waals surface area contributed by atoms with E-state index in [9.17, 15) is 9.59 Å². The highest BCUT2D eigenvalue weighted by atomic mass is 32.1. The smallest absolute Gasteiger partial charge is 0.260 e. The summed E-state index contributed by atoms with van der Waals surface area (Å²) < 4.78 is 0. The minimum Gasteiger partial charge on any atom is -0.331 e. The zero-order valence-corrected chi connectivity index (χ0v) is 12.1. The summed E-state index contributed by atoms with van der Waals surface area (Å²) in [6, 6.07) is 5.69. The van der Waals surface area contributed by atoms with Crippen molar-refractivity contribution in [1.82, 2.24) is 9.88 Å². The molecular weight excluding hydrogens is 272 g/mol. The van der Waals surface area contributed by atoms with Crippen LogP contribution in [0.4, 0.5) is 0 Å². The van der Waals surface area contributed by atoms with Crippen molar-refractivity contribution in [2.45, 2.75) is 32.4 Å². The largest absolute Gasteiger partial charge is 0.331 e. The van der Waals surface area contributed by atoms with Gasteiger partial charge < -0.3 is 9.88 Å². The van der Waals surface area contributed by atoms with Gasteiger partial charge in [0.1, 0.15) is 5.56 Å². The first-order chi connectivity index (χ1) is 9.65. The van der Waals surface area contributed by atoms with Gasteiger partial charge in [-0.25, -0.2) is 0 Å².